The fourth-order valence-electron chi connectivity index (χ4n) is 1.73. The fraction of sp³-hybridized carbons (Fsp3) is 0.133. The first-order valence-electron chi connectivity index (χ1n) is 6.21. The fourth-order valence-corrected chi connectivity index (χ4v) is 1.73. The number of rotatable bonds is 5. The molecule has 0 spiro atoms. The molecule has 0 aliphatic carbocycles. The molecule has 5 nitrogen and oxygen atoms in total. The van der Waals surface area contributed by atoms with Crippen LogP contribution in [0, 0.1) is 0 Å². The average molecular weight is 272 g/mol. The average Bonchev–Trinajstić information content (AvgIpc) is 2.44. The number of anilines is 1. The first kappa shape index (κ1) is 13.7. The Morgan fingerprint density at radius 3 is 2.55 bits per heavy atom. The van der Waals surface area contributed by atoms with Crippen molar-refractivity contribution in [2.75, 3.05) is 12.3 Å². The molecular formula is C15H16N2O3. The van der Waals surface area contributed by atoms with E-state index in [9.17, 15) is 4.79 Å². The van der Waals surface area contributed by atoms with E-state index in [2.05, 4.69) is 0 Å². The second kappa shape index (κ2) is 5.97. The van der Waals surface area contributed by atoms with Gasteiger partial charge in [-0.2, -0.15) is 0 Å². The largest absolute Gasteiger partial charge is 0.492 e. The molecule has 0 saturated carbocycles. The first-order valence-corrected chi connectivity index (χ1v) is 6.21. The molecule has 0 fully saturated rings. The van der Waals surface area contributed by atoms with Crippen molar-refractivity contribution < 1.29 is 14.3 Å². The monoisotopic (exact) mass is 272 g/mol. The summed E-state index contributed by atoms with van der Waals surface area (Å²) in [5.74, 6) is 1.02. The van der Waals surface area contributed by atoms with Crippen molar-refractivity contribution >= 4 is 11.6 Å². The summed E-state index contributed by atoms with van der Waals surface area (Å²) in [7, 11) is 0. The SMILES string of the molecule is CCOc1cccc(Oc2cccc(C(N)=O)c2)c1N. The van der Waals surface area contributed by atoms with Crippen LogP contribution in [-0.4, -0.2) is 12.5 Å². The van der Waals surface area contributed by atoms with E-state index in [1.807, 2.05) is 6.92 Å². The minimum absolute atomic E-state index is 0.377. The topological polar surface area (TPSA) is 87.6 Å². The number of para-hydroxylation sites is 1. The van der Waals surface area contributed by atoms with Crippen LogP contribution >= 0.6 is 0 Å². The Kier molecular flexibility index (Phi) is 4.10. The zero-order chi connectivity index (χ0) is 14.5. The van der Waals surface area contributed by atoms with Gasteiger partial charge in [0.1, 0.15) is 17.2 Å². The van der Waals surface area contributed by atoms with Gasteiger partial charge in [-0.15, -0.1) is 0 Å². The number of benzene rings is 2. The summed E-state index contributed by atoms with van der Waals surface area (Å²) in [5, 5.41) is 0. The Bertz CT molecular complexity index is 626. The lowest BCUT2D eigenvalue weighted by molar-refractivity contribution is 0.1000. The van der Waals surface area contributed by atoms with Crippen LogP contribution in [0.5, 0.6) is 17.2 Å². The highest BCUT2D eigenvalue weighted by Gasteiger charge is 2.09. The van der Waals surface area contributed by atoms with E-state index in [1.54, 1.807) is 42.5 Å². The van der Waals surface area contributed by atoms with E-state index in [0.29, 0.717) is 35.1 Å². The second-order valence-corrected chi connectivity index (χ2v) is 4.10. The minimum atomic E-state index is -0.508. The summed E-state index contributed by atoms with van der Waals surface area (Å²) >= 11 is 0. The number of hydrogen-bond acceptors (Lipinski definition) is 4. The molecule has 0 bridgehead atoms. The Hall–Kier alpha value is -2.69. The molecule has 0 atom stereocenters. The third-order valence-electron chi connectivity index (χ3n) is 2.67. The van der Waals surface area contributed by atoms with Crippen LogP contribution in [-0.2, 0) is 0 Å². The van der Waals surface area contributed by atoms with Gasteiger partial charge in [0.2, 0.25) is 5.91 Å². The number of hydrogen-bond donors (Lipinski definition) is 2. The highest BCUT2D eigenvalue weighted by molar-refractivity contribution is 5.93. The van der Waals surface area contributed by atoms with Gasteiger partial charge >= 0.3 is 0 Å². The van der Waals surface area contributed by atoms with Gasteiger partial charge in [0, 0.05) is 5.56 Å². The maximum atomic E-state index is 11.1. The number of nitrogen functional groups attached to an aromatic ring is 1. The number of nitrogens with two attached hydrogens (primary N) is 2. The van der Waals surface area contributed by atoms with Crippen molar-refractivity contribution in [2.45, 2.75) is 6.92 Å². The van der Waals surface area contributed by atoms with E-state index in [-0.39, 0.29) is 0 Å². The van der Waals surface area contributed by atoms with Crippen LogP contribution in [0.25, 0.3) is 0 Å². The Balaban J connectivity index is 2.28. The van der Waals surface area contributed by atoms with Crippen molar-refractivity contribution in [3.8, 4) is 17.2 Å². The normalized spacial score (nSPS) is 10.1. The lowest BCUT2D eigenvalue weighted by Crippen LogP contribution is -2.10. The van der Waals surface area contributed by atoms with Crippen LogP contribution in [0.4, 0.5) is 5.69 Å². The summed E-state index contributed by atoms with van der Waals surface area (Å²) < 4.78 is 11.1. The zero-order valence-electron chi connectivity index (χ0n) is 11.1. The van der Waals surface area contributed by atoms with Crippen LogP contribution in [0.15, 0.2) is 42.5 Å². The molecule has 1 amide bonds. The second-order valence-electron chi connectivity index (χ2n) is 4.10. The van der Waals surface area contributed by atoms with E-state index in [4.69, 9.17) is 20.9 Å². The molecule has 0 aromatic heterocycles. The third-order valence-corrected chi connectivity index (χ3v) is 2.67. The molecule has 2 rings (SSSR count). The van der Waals surface area contributed by atoms with E-state index in [0.717, 1.165) is 0 Å². The van der Waals surface area contributed by atoms with Crippen molar-refractivity contribution in [3.63, 3.8) is 0 Å². The molecule has 0 heterocycles. The van der Waals surface area contributed by atoms with Crippen molar-refractivity contribution in [2.24, 2.45) is 5.73 Å². The van der Waals surface area contributed by atoms with E-state index < -0.39 is 5.91 Å². The van der Waals surface area contributed by atoms with Gasteiger partial charge in [0.25, 0.3) is 0 Å². The standard InChI is InChI=1S/C15H16N2O3/c1-2-19-12-7-4-8-13(14(12)16)20-11-6-3-5-10(9-11)15(17)18/h3-9H,2,16H2,1H3,(H2,17,18). The smallest absolute Gasteiger partial charge is 0.248 e. The number of amides is 1. The van der Waals surface area contributed by atoms with Gasteiger partial charge in [-0.3, -0.25) is 4.79 Å². The van der Waals surface area contributed by atoms with Gasteiger partial charge in [0.15, 0.2) is 5.75 Å². The number of primary amides is 1. The Morgan fingerprint density at radius 1 is 1.15 bits per heavy atom. The maximum Gasteiger partial charge on any atom is 0.248 e. The third kappa shape index (κ3) is 3.00. The van der Waals surface area contributed by atoms with Crippen molar-refractivity contribution in [1.29, 1.82) is 0 Å². The zero-order valence-corrected chi connectivity index (χ0v) is 11.1. The van der Waals surface area contributed by atoms with Gasteiger partial charge < -0.3 is 20.9 Å². The molecule has 104 valence electrons. The summed E-state index contributed by atoms with van der Waals surface area (Å²) in [6, 6.07) is 11.9. The van der Waals surface area contributed by atoms with Gasteiger partial charge in [0.05, 0.1) is 6.61 Å². The lowest BCUT2D eigenvalue weighted by atomic mass is 10.2. The Morgan fingerprint density at radius 2 is 1.85 bits per heavy atom. The van der Waals surface area contributed by atoms with Gasteiger partial charge in [-0.05, 0) is 37.3 Å². The predicted molar refractivity (Wildman–Crippen MR) is 77.1 cm³/mol. The van der Waals surface area contributed by atoms with Crippen LogP contribution in [0.2, 0.25) is 0 Å². The quantitative estimate of drug-likeness (QED) is 0.819. The van der Waals surface area contributed by atoms with Crippen LogP contribution in [0.3, 0.4) is 0 Å². The molecular weight excluding hydrogens is 256 g/mol. The highest BCUT2D eigenvalue weighted by atomic mass is 16.5. The molecule has 4 N–H and O–H groups in total. The Labute approximate surface area is 117 Å². The first-order chi connectivity index (χ1) is 9.61. The van der Waals surface area contributed by atoms with Crippen LogP contribution < -0.4 is 20.9 Å². The van der Waals surface area contributed by atoms with E-state index >= 15 is 0 Å². The lowest BCUT2D eigenvalue weighted by Gasteiger charge is -2.12. The van der Waals surface area contributed by atoms with Crippen molar-refractivity contribution in [1.82, 2.24) is 0 Å². The summed E-state index contributed by atoms with van der Waals surface area (Å²) in [6.45, 7) is 2.40. The van der Waals surface area contributed by atoms with Gasteiger partial charge in [-0.1, -0.05) is 12.1 Å². The number of carbonyl (C=O) groups excluding carboxylic acids is 1. The summed E-state index contributed by atoms with van der Waals surface area (Å²) in [4.78, 5) is 11.1. The number of ether oxygens (including phenoxy) is 2. The molecule has 5 heteroatoms. The number of carbonyl (C=O) groups is 1. The molecule has 0 unspecified atom stereocenters. The van der Waals surface area contributed by atoms with Crippen LogP contribution in [0.1, 0.15) is 17.3 Å². The minimum Gasteiger partial charge on any atom is -0.492 e. The predicted octanol–water partition coefficient (Wildman–Crippen LogP) is 2.56. The van der Waals surface area contributed by atoms with Gasteiger partial charge in [-0.25, -0.2) is 0 Å². The highest BCUT2D eigenvalue weighted by Crippen LogP contribution is 2.34. The maximum absolute atomic E-state index is 11.1. The molecule has 0 saturated heterocycles. The van der Waals surface area contributed by atoms with Crippen molar-refractivity contribution in [3.05, 3.63) is 48.0 Å². The van der Waals surface area contributed by atoms with E-state index in [1.165, 1.54) is 0 Å². The summed E-state index contributed by atoms with van der Waals surface area (Å²) in [5.41, 5.74) is 12.0. The molecule has 2 aromatic carbocycles. The summed E-state index contributed by atoms with van der Waals surface area (Å²) in [6.07, 6.45) is 0. The molecule has 0 aliphatic rings. The molecule has 2 aromatic rings. The molecule has 0 aliphatic heterocycles. The molecule has 0 radical (unpaired) electrons. The molecule has 20 heavy (non-hydrogen) atoms.